The van der Waals surface area contributed by atoms with Gasteiger partial charge in [-0.15, -0.1) is 11.3 Å². The van der Waals surface area contributed by atoms with Gasteiger partial charge in [0.05, 0.1) is 12.2 Å². The van der Waals surface area contributed by atoms with Gasteiger partial charge in [0, 0.05) is 42.6 Å². The fraction of sp³-hybridized carbons (Fsp3) is 0.353. The van der Waals surface area contributed by atoms with E-state index in [0.717, 1.165) is 32.7 Å². The minimum Gasteiger partial charge on any atom is -0.322 e. The molecule has 7 heteroatoms. The van der Waals surface area contributed by atoms with E-state index in [2.05, 4.69) is 32.6 Å². The zero-order valence-electron chi connectivity index (χ0n) is 13.2. The zero-order chi connectivity index (χ0) is 16.9. The predicted molar refractivity (Wildman–Crippen MR) is 96.1 cm³/mol. The van der Waals surface area contributed by atoms with Gasteiger partial charge in [-0.2, -0.15) is 0 Å². The fourth-order valence-electron chi connectivity index (χ4n) is 2.71. The summed E-state index contributed by atoms with van der Waals surface area (Å²) in [6.07, 6.45) is 0. The molecule has 0 saturated carbocycles. The SMILES string of the molecule is O=C(CN1CCN(Cc2cccs2)CC1)Nc1ccc(Cl)cc1F. The van der Waals surface area contributed by atoms with Crippen LogP contribution < -0.4 is 5.32 Å². The van der Waals surface area contributed by atoms with Gasteiger partial charge in [-0.25, -0.2) is 4.39 Å². The number of anilines is 1. The largest absolute Gasteiger partial charge is 0.322 e. The maximum atomic E-state index is 13.7. The van der Waals surface area contributed by atoms with E-state index in [1.165, 1.54) is 17.0 Å². The van der Waals surface area contributed by atoms with Crippen molar-refractivity contribution in [2.45, 2.75) is 6.54 Å². The molecular formula is C17H19ClFN3OS. The van der Waals surface area contributed by atoms with E-state index in [1.807, 2.05) is 0 Å². The number of benzene rings is 1. The highest BCUT2D eigenvalue weighted by molar-refractivity contribution is 7.09. The summed E-state index contributed by atoms with van der Waals surface area (Å²) in [7, 11) is 0. The van der Waals surface area contributed by atoms with Gasteiger partial charge in [-0.05, 0) is 29.6 Å². The first-order valence-corrected chi connectivity index (χ1v) is 9.08. The normalized spacial score (nSPS) is 16.2. The molecule has 1 aromatic carbocycles. The van der Waals surface area contributed by atoms with E-state index in [1.54, 1.807) is 17.4 Å². The molecule has 2 aromatic rings. The Bertz CT molecular complexity index is 687. The molecule has 1 saturated heterocycles. The van der Waals surface area contributed by atoms with Crippen molar-refractivity contribution >= 4 is 34.5 Å². The Balaban J connectivity index is 1.44. The number of amides is 1. The van der Waals surface area contributed by atoms with Crippen molar-refractivity contribution in [3.63, 3.8) is 0 Å². The molecule has 4 nitrogen and oxygen atoms in total. The topological polar surface area (TPSA) is 35.6 Å². The molecule has 0 unspecified atom stereocenters. The second-order valence-electron chi connectivity index (χ2n) is 5.80. The molecule has 128 valence electrons. The molecule has 1 fully saturated rings. The lowest BCUT2D eigenvalue weighted by Crippen LogP contribution is -2.48. The summed E-state index contributed by atoms with van der Waals surface area (Å²) < 4.78 is 13.7. The van der Waals surface area contributed by atoms with Crippen LogP contribution in [0.4, 0.5) is 10.1 Å². The van der Waals surface area contributed by atoms with Gasteiger partial charge in [0.25, 0.3) is 0 Å². The van der Waals surface area contributed by atoms with Gasteiger partial charge in [-0.1, -0.05) is 17.7 Å². The number of carbonyl (C=O) groups is 1. The molecule has 1 aromatic heterocycles. The van der Waals surface area contributed by atoms with Crippen LogP contribution >= 0.6 is 22.9 Å². The lowest BCUT2D eigenvalue weighted by atomic mass is 10.2. The minimum atomic E-state index is -0.517. The second-order valence-corrected chi connectivity index (χ2v) is 7.27. The standard InChI is InChI=1S/C17H19ClFN3OS/c18-13-3-4-16(15(19)10-13)20-17(23)12-22-7-5-21(6-8-22)11-14-2-1-9-24-14/h1-4,9-10H,5-8,11-12H2,(H,20,23). The van der Waals surface area contributed by atoms with Gasteiger partial charge in [0.15, 0.2) is 0 Å². The molecule has 1 N–H and O–H groups in total. The van der Waals surface area contributed by atoms with Gasteiger partial charge in [0.2, 0.25) is 5.91 Å². The molecular weight excluding hydrogens is 349 g/mol. The first kappa shape index (κ1) is 17.4. The fourth-order valence-corrected chi connectivity index (χ4v) is 3.62. The summed E-state index contributed by atoms with van der Waals surface area (Å²) in [6.45, 7) is 4.77. The highest BCUT2D eigenvalue weighted by Gasteiger charge is 2.19. The third kappa shape index (κ3) is 4.77. The number of rotatable bonds is 5. The van der Waals surface area contributed by atoms with Crippen LogP contribution in [-0.4, -0.2) is 48.4 Å². The number of piperazine rings is 1. The van der Waals surface area contributed by atoms with Crippen LogP contribution in [-0.2, 0) is 11.3 Å². The summed E-state index contributed by atoms with van der Waals surface area (Å²) in [6, 6.07) is 8.44. The van der Waals surface area contributed by atoms with Crippen molar-refractivity contribution in [2.24, 2.45) is 0 Å². The lowest BCUT2D eigenvalue weighted by Gasteiger charge is -2.34. The van der Waals surface area contributed by atoms with E-state index in [-0.39, 0.29) is 18.1 Å². The second kappa shape index (κ2) is 8.07. The van der Waals surface area contributed by atoms with Crippen LogP contribution in [0.25, 0.3) is 0 Å². The summed E-state index contributed by atoms with van der Waals surface area (Å²) in [5, 5.41) is 5.01. The van der Waals surface area contributed by atoms with Crippen LogP contribution in [0.3, 0.4) is 0 Å². The van der Waals surface area contributed by atoms with Gasteiger partial charge in [-0.3, -0.25) is 14.6 Å². The number of hydrogen-bond acceptors (Lipinski definition) is 4. The Morgan fingerprint density at radius 1 is 1.21 bits per heavy atom. The van der Waals surface area contributed by atoms with Gasteiger partial charge >= 0.3 is 0 Å². The highest BCUT2D eigenvalue weighted by Crippen LogP contribution is 2.19. The molecule has 0 spiro atoms. The number of thiophene rings is 1. The third-order valence-electron chi connectivity index (χ3n) is 4.00. The Morgan fingerprint density at radius 3 is 2.62 bits per heavy atom. The lowest BCUT2D eigenvalue weighted by molar-refractivity contribution is -0.117. The molecule has 0 radical (unpaired) electrons. The van der Waals surface area contributed by atoms with Crippen molar-refractivity contribution in [2.75, 3.05) is 38.0 Å². The molecule has 2 heterocycles. The van der Waals surface area contributed by atoms with Crippen molar-refractivity contribution in [1.82, 2.24) is 9.80 Å². The Hall–Kier alpha value is -1.47. The van der Waals surface area contributed by atoms with Crippen molar-refractivity contribution < 1.29 is 9.18 Å². The summed E-state index contributed by atoms with van der Waals surface area (Å²) in [5.41, 5.74) is 0.167. The molecule has 1 amide bonds. The van der Waals surface area contributed by atoms with E-state index in [4.69, 9.17) is 11.6 Å². The van der Waals surface area contributed by atoms with Crippen LogP contribution in [0.1, 0.15) is 4.88 Å². The van der Waals surface area contributed by atoms with Crippen molar-refractivity contribution in [1.29, 1.82) is 0 Å². The number of nitrogens with zero attached hydrogens (tertiary/aromatic N) is 2. The molecule has 0 aliphatic carbocycles. The number of carbonyl (C=O) groups excluding carboxylic acids is 1. The molecule has 24 heavy (non-hydrogen) atoms. The average Bonchev–Trinajstić information content (AvgIpc) is 3.05. The number of nitrogens with one attached hydrogen (secondary N) is 1. The maximum absolute atomic E-state index is 13.7. The average molecular weight is 368 g/mol. The van der Waals surface area contributed by atoms with Crippen molar-refractivity contribution in [3.8, 4) is 0 Å². The van der Waals surface area contributed by atoms with Crippen LogP contribution in [0.5, 0.6) is 0 Å². The van der Waals surface area contributed by atoms with Crippen LogP contribution in [0.2, 0.25) is 5.02 Å². The minimum absolute atomic E-state index is 0.167. The first-order chi connectivity index (χ1) is 11.6. The van der Waals surface area contributed by atoms with Gasteiger partial charge < -0.3 is 5.32 Å². The molecule has 0 atom stereocenters. The third-order valence-corrected chi connectivity index (χ3v) is 5.09. The molecule has 0 bridgehead atoms. The first-order valence-electron chi connectivity index (χ1n) is 7.82. The molecule has 1 aliphatic rings. The van der Waals surface area contributed by atoms with E-state index >= 15 is 0 Å². The Kier molecular flexibility index (Phi) is 5.84. The monoisotopic (exact) mass is 367 g/mol. The Morgan fingerprint density at radius 2 is 1.96 bits per heavy atom. The predicted octanol–water partition coefficient (Wildman–Crippen LogP) is 3.30. The maximum Gasteiger partial charge on any atom is 0.238 e. The van der Waals surface area contributed by atoms with E-state index in [0.29, 0.717) is 5.02 Å². The number of hydrogen-bond donors (Lipinski definition) is 1. The van der Waals surface area contributed by atoms with Gasteiger partial charge in [0.1, 0.15) is 5.82 Å². The zero-order valence-corrected chi connectivity index (χ0v) is 14.7. The highest BCUT2D eigenvalue weighted by atomic mass is 35.5. The smallest absolute Gasteiger partial charge is 0.238 e. The summed E-state index contributed by atoms with van der Waals surface area (Å²) in [4.78, 5) is 17.9. The molecule has 3 rings (SSSR count). The Labute approximate surface area is 149 Å². The molecule has 1 aliphatic heterocycles. The summed E-state index contributed by atoms with van der Waals surface area (Å²) >= 11 is 7.48. The van der Waals surface area contributed by atoms with Crippen LogP contribution in [0, 0.1) is 5.82 Å². The number of halogens is 2. The van der Waals surface area contributed by atoms with Crippen molar-refractivity contribution in [3.05, 3.63) is 51.4 Å². The van der Waals surface area contributed by atoms with E-state index < -0.39 is 5.82 Å². The quantitative estimate of drug-likeness (QED) is 0.880. The van der Waals surface area contributed by atoms with Crippen LogP contribution in [0.15, 0.2) is 35.7 Å². The van der Waals surface area contributed by atoms with E-state index in [9.17, 15) is 9.18 Å². The summed E-state index contributed by atoms with van der Waals surface area (Å²) in [5.74, 6) is -0.723.